The quantitative estimate of drug-likeness (QED) is 0.675. The van der Waals surface area contributed by atoms with Crippen molar-refractivity contribution in [2.75, 3.05) is 10.6 Å². The SMILES string of the molecule is O=C(Nc1ccc(F)c(Cl)c1)c1ccnc2nc(NC3CC3)[nH]c12. The number of pyridine rings is 1. The molecule has 2 heterocycles. The maximum absolute atomic E-state index is 13.2. The first-order valence-electron chi connectivity index (χ1n) is 7.48. The summed E-state index contributed by atoms with van der Waals surface area (Å²) in [5.41, 5.74) is 1.82. The van der Waals surface area contributed by atoms with Gasteiger partial charge >= 0.3 is 0 Å². The van der Waals surface area contributed by atoms with Crippen LogP contribution in [0, 0.1) is 5.82 Å². The Hall–Kier alpha value is -2.67. The molecular weight excluding hydrogens is 333 g/mol. The Morgan fingerprint density at radius 3 is 2.92 bits per heavy atom. The Bertz CT molecular complexity index is 937. The van der Waals surface area contributed by atoms with Gasteiger partial charge in [0.1, 0.15) is 5.82 Å². The van der Waals surface area contributed by atoms with Crippen LogP contribution in [0.4, 0.5) is 16.0 Å². The number of hydrogen-bond donors (Lipinski definition) is 3. The van der Waals surface area contributed by atoms with E-state index in [2.05, 4.69) is 25.6 Å². The fraction of sp³-hybridized carbons (Fsp3) is 0.188. The van der Waals surface area contributed by atoms with Crippen LogP contribution >= 0.6 is 11.6 Å². The maximum atomic E-state index is 13.2. The van der Waals surface area contributed by atoms with Gasteiger partial charge in [-0.25, -0.2) is 9.37 Å². The molecule has 0 spiro atoms. The average Bonchev–Trinajstić information content (AvgIpc) is 3.26. The number of hydrogen-bond acceptors (Lipinski definition) is 4. The van der Waals surface area contributed by atoms with Crippen molar-refractivity contribution >= 4 is 40.3 Å². The topological polar surface area (TPSA) is 82.7 Å². The number of nitrogens with zero attached hydrogens (tertiary/aromatic N) is 2. The number of aromatic amines is 1. The number of aromatic nitrogens is 3. The molecule has 0 atom stereocenters. The molecule has 1 fully saturated rings. The van der Waals surface area contributed by atoms with Crippen molar-refractivity contribution in [1.82, 2.24) is 15.0 Å². The van der Waals surface area contributed by atoms with Crippen molar-refractivity contribution in [3.05, 3.63) is 46.9 Å². The van der Waals surface area contributed by atoms with Gasteiger partial charge in [-0.15, -0.1) is 0 Å². The van der Waals surface area contributed by atoms with Crippen LogP contribution in [-0.4, -0.2) is 26.9 Å². The van der Waals surface area contributed by atoms with Crippen LogP contribution in [0.15, 0.2) is 30.5 Å². The summed E-state index contributed by atoms with van der Waals surface area (Å²) in [6.07, 6.45) is 3.75. The minimum atomic E-state index is -0.537. The number of anilines is 2. The van der Waals surface area contributed by atoms with Gasteiger partial charge in [-0.2, -0.15) is 4.98 Å². The molecule has 0 saturated heterocycles. The number of amides is 1. The lowest BCUT2D eigenvalue weighted by molar-refractivity contribution is 0.102. The van der Waals surface area contributed by atoms with Crippen LogP contribution in [0.25, 0.3) is 11.2 Å². The second-order valence-electron chi connectivity index (χ2n) is 5.64. The Labute approximate surface area is 141 Å². The van der Waals surface area contributed by atoms with E-state index in [1.807, 2.05) is 0 Å². The predicted octanol–water partition coefficient (Wildman–Crippen LogP) is 3.58. The molecule has 0 radical (unpaired) electrons. The third kappa shape index (κ3) is 2.90. The van der Waals surface area contributed by atoms with Gasteiger partial charge in [0, 0.05) is 17.9 Å². The molecule has 3 aromatic rings. The lowest BCUT2D eigenvalue weighted by Crippen LogP contribution is -2.12. The normalized spacial score (nSPS) is 13.9. The van der Waals surface area contributed by atoms with Crippen molar-refractivity contribution in [1.29, 1.82) is 0 Å². The molecule has 1 saturated carbocycles. The van der Waals surface area contributed by atoms with E-state index >= 15 is 0 Å². The molecular formula is C16H13ClFN5O. The molecule has 1 aliphatic rings. The van der Waals surface area contributed by atoms with Crippen LogP contribution < -0.4 is 10.6 Å². The molecule has 1 aliphatic carbocycles. The highest BCUT2D eigenvalue weighted by Crippen LogP contribution is 2.25. The highest BCUT2D eigenvalue weighted by Gasteiger charge is 2.23. The first-order valence-corrected chi connectivity index (χ1v) is 7.85. The smallest absolute Gasteiger partial charge is 0.257 e. The summed E-state index contributed by atoms with van der Waals surface area (Å²) < 4.78 is 13.2. The number of imidazole rings is 1. The fourth-order valence-electron chi connectivity index (χ4n) is 2.36. The molecule has 2 aromatic heterocycles. The fourth-order valence-corrected chi connectivity index (χ4v) is 2.54. The van der Waals surface area contributed by atoms with Crippen LogP contribution in [0.2, 0.25) is 5.02 Å². The molecule has 6 nitrogen and oxygen atoms in total. The zero-order valence-electron chi connectivity index (χ0n) is 12.4. The number of rotatable bonds is 4. The Kier molecular flexibility index (Phi) is 3.57. The van der Waals surface area contributed by atoms with E-state index in [4.69, 9.17) is 11.6 Å². The summed E-state index contributed by atoms with van der Waals surface area (Å²) in [6.45, 7) is 0. The van der Waals surface area contributed by atoms with E-state index in [9.17, 15) is 9.18 Å². The second kappa shape index (κ2) is 5.76. The Balaban J connectivity index is 1.63. The molecule has 1 aromatic carbocycles. The monoisotopic (exact) mass is 345 g/mol. The summed E-state index contributed by atoms with van der Waals surface area (Å²) in [7, 11) is 0. The van der Waals surface area contributed by atoms with Gasteiger partial charge in [-0.3, -0.25) is 4.79 Å². The van der Waals surface area contributed by atoms with Crippen LogP contribution in [0.3, 0.4) is 0 Å². The summed E-state index contributed by atoms with van der Waals surface area (Å²) in [6, 6.07) is 6.05. The Morgan fingerprint density at radius 1 is 1.33 bits per heavy atom. The minimum Gasteiger partial charge on any atom is -0.353 e. The maximum Gasteiger partial charge on any atom is 0.257 e. The first kappa shape index (κ1) is 14.9. The van der Waals surface area contributed by atoms with Gasteiger partial charge in [0.05, 0.1) is 16.1 Å². The number of carbonyl (C=O) groups is 1. The third-order valence-electron chi connectivity index (χ3n) is 3.73. The van der Waals surface area contributed by atoms with Crippen LogP contribution in [0.5, 0.6) is 0 Å². The van der Waals surface area contributed by atoms with E-state index < -0.39 is 5.82 Å². The summed E-state index contributed by atoms with van der Waals surface area (Å²) in [5, 5.41) is 5.88. The van der Waals surface area contributed by atoms with E-state index in [1.165, 1.54) is 24.4 Å². The van der Waals surface area contributed by atoms with Crippen molar-refractivity contribution in [2.24, 2.45) is 0 Å². The zero-order valence-corrected chi connectivity index (χ0v) is 13.2. The average molecular weight is 346 g/mol. The number of carbonyl (C=O) groups excluding carboxylic acids is 1. The van der Waals surface area contributed by atoms with Gasteiger partial charge in [-0.1, -0.05) is 11.6 Å². The van der Waals surface area contributed by atoms with Crippen molar-refractivity contribution in [2.45, 2.75) is 18.9 Å². The summed E-state index contributed by atoms with van der Waals surface area (Å²) in [4.78, 5) is 24.1. The van der Waals surface area contributed by atoms with Crippen molar-refractivity contribution < 1.29 is 9.18 Å². The van der Waals surface area contributed by atoms with E-state index in [1.54, 1.807) is 6.07 Å². The molecule has 4 rings (SSSR count). The lowest BCUT2D eigenvalue weighted by Gasteiger charge is -2.06. The molecule has 1 amide bonds. The number of halogens is 2. The minimum absolute atomic E-state index is 0.0508. The summed E-state index contributed by atoms with van der Waals surface area (Å²) in [5.74, 6) is -0.290. The third-order valence-corrected chi connectivity index (χ3v) is 4.02. The number of H-pyrrole nitrogens is 1. The highest BCUT2D eigenvalue weighted by atomic mass is 35.5. The predicted molar refractivity (Wildman–Crippen MR) is 89.9 cm³/mol. The zero-order chi connectivity index (χ0) is 16.7. The van der Waals surface area contributed by atoms with Crippen LogP contribution in [-0.2, 0) is 0 Å². The van der Waals surface area contributed by atoms with E-state index in [0.29, 0.717) is 34.4 Å². The molecule has 3 N–H and O–H groups in total. The molecule has 0 unspecified atom stereocenters. The molecule has 8 heteroatoms. The lowest BCUT2D eigenvalue weighted by atomic mass is 10.2. The molecule has 122 valence electrons. The van der Waals surface area contributed by atoms with E-state index in [-0.39, 0.29) is 10.9 Å². The van der Waals surface area contributed by atoms with Crippen molar-refractivity contribution in [3.8, 4) is 0 Å². The van der Waals surface area contributed by atoms with Gasteiger partial charge in [-0.05, 0) is 37.1 Å². The second-order valence-corrected chi connectivity index (χ2v) is 6.05. The van der Waals surface area contributed by atoms with Gasteiger partial charge in [0.15, 0.2) is 5.65 Å². The summed E-state index contributed by atoms with van der Waals surface area (Å²) >= 11 is 5.74. The van der Waals surface area contributed by atoms with Crippen molar-refractivity contribution in [3.63, 3.8) is 0 Å². The molecule has 24 heavy (non-hydrogen) atoms. The number of nitrogens with one attached hydrogen (secondary N) is 3. The highest BCUT2D eigenvalue weighted by molar-refractivity contribution is 6.31. The van der Waals surface area contributed by atoms with Crippen LogP contribution in [0.1, 0.15) is 23.2 Å². The van der Waals surface area contributed by atoms with Gasteiger partial charge < -0.3 is 15.6 Å². The number of fused-ring (bicyclic) bond motifs is 1. The van der Waals surface area contributed by atoms with Gasteiger partial charge in [0.25, 0.3) is 5.91 Å². The Morgan fingerprint density at radius 2 is 2.17 bits per heavy atom. The number of benzene rings is 1. The largest absolute Gasteiger partial charge is 0.353 e. The molecule has 0 aliphatic heterocycles. The van der Waals surface area contributed by atoms with Gasteiger partial charge in [0.2, 0.25) is 5.95 Å². The van der Waals surface area contributed by atoms with E-state index in [0.717, 1.165) is 12.8 Å². The first-order chi connectivity index (χ1) is 11.6. The molecule has 0 bridgehead atoms. The standard InChI is InChI=1S/C16H13ClFN5O/c17-11-7-9(3-4-12(11)18)20-15(24)10-5-6-19-14-13(10)22-16(23-14)21-8-1-2-8/h3-8H,1-2H2,(H,20,24)(H2,19,21,22,23).